The number of rotatable bonds is 5. The van der Waals surface area contributed by atoms with Crippen molar-refractivity contribution >= 4 is 27.5 Å². The molecule has 0 fully saturated rings. The van der Waals surface area contributed by atoms with Crippen LogP contribution < -0.4 is 10.5 Å². The number of nitrogens with zero attached hydrogens (tertiary/aromatic N) is 2. The number of aryl methyl sites for hydroxylation is 1. The molecule has 2 aromatic heterocycles. The van der Waals surface area contributed by atoms with Crippen molar-refractivity contribution in [1.82, 2.24) is 15.0 Å². The van der Waals surface area contributed by atoms with Gasteiger partial charge in [0.1, 0.15) is 5.75 Å². The quantitative estimate of drug-likeness (QED) is 0.625. The van der Waals surface area contributed by atoms with Gasteiger partial charge in [0.05, 0.1) is 46.1 Å². The molecule has 0 saturated carbocycles. The lowest BCUT2D eigenvalue weighted by Gasteiger charge is -2.07. The van der Waals surface area contributed by atoms with E-state index in [0.717, 1.165) is 16.6 Å². The van der Waals surface area contributed by atoms with Crippen molar-refractivity contribution in [3.8, 4) is 5.75 Å². The largest absolute Gasteiger partial charge is 0.494 e. The highest BCUT2D eigenvalue weighted by molar-refractivity contribution is 7.84. The Balaban J connectivity index is 0.000000409. The van der Waals surface area contributed by atoms with E-state index in [2.05, 4.69) is 15.0 Å². The molecule has 0 saturated heterocycles. The van der Waals surface area contributed by atoms with E-state index < -0.39 is 10.8 Å². The van der Waals surface area contributed by atoms with Crippen LogP contribution in [-0.4, -0.2) is 26.3 Å². The molecule has 6 nitrogen and oxygen atoms in total. The molecule has 2 heterocycles. The van der Waals surface area contributed by atoms with E-state index in [1.807, 2.05) is 63.3 Å². The summed E-state index contributed by atoms with van der Waals surface area (Å²) in [5.74, 6) is 0.712. The smallest absolute Gasteiger partial charge is 0.197 e. The number of imidazole rings is 1. The number of ether oxygens (including phenoxy) is 1. The van der Waals surface area contributed by atoms with Crippen LogP contribution in [0.4, 0.5) is 5.69 Å². The van der Waals surface area contributed by atoms with Crippen molar-refractivity contribution in [2.75, 3.05) is 12.8 Å². The Morgan fingerprint density at radius 1 is 1.21 bits per heavy atom. The number of benzene rings is 1. The third-order valence-electron chi connectivity index (χ3n) is 3.85. The summed E-state index contributed by atoms with van der Waals surface area (Å²) in [5.41, 5.74) is 9.69. The van der Waals surface area contributed by atoms with Gasteiger partial charge in [-0.15, -0.1) is 0 Å². The van der Waals surface area contributed by atoms with Crippen LogP contribution in [0.3, 0.4) is 0 Å². The summed E-state index contributed by atoms with van der Waals surface area (Å²) < 4.78 is 17.6. The predicted octanol–water partition coefficient (Wildman–Crippen LogP) is 4.30. The number of allylic oxidation sites excluding steroid dienone is 4. The van der Waals surface area contributed by atoms with Crippen LogP contribution in [0.15, 0.2) is 59.9 Å². The Morgan fingerprint density at radius 2 is 1.93 bits per heavy atom. The Morgan fingerprint density at radius 3 is 2.57 bits per heavy atom. The number of anilines is 1. The van der Waals surface area contributed by atoms with E-state index in [4.69, 9.17) is 10.5 Å². The molecule has 0 amide bonds. The van der Waals surface area contributed by atoms with E-state index in [0.29, 0.717) is 22.3 Å². The summed E-state index contributed by atoms with van der Waals surface area (Å²) in [6, 6.07) is 7.52. The first kappa shape index (κ1) is 21.4. The van der Waals surface area contributed by atoms with Gasteiger partial charge in [0.25, 0.3) is 0 Å². The molecule has 3 N–H and O–H groups in total. The molecule has 1 unspecified atom stereocenters. The maximum atomic E-state index is 12.5. The summed E-state index contributed by atoms with van der Waals surface area (Å²) >= 11 is 0. The Hall–Kier alpha value is -2.93. The maximum absolute atomic E-state index is 12.5. The zero-order valence-corrected chi connectivity index (χ0v) is 17.4. The van der Waals surface area contributed by atoms with Crippen LogP contribution in [0, 0.1) is 6.92 Å². The number of nitrogens with one attached hydrogen (secondary N) is 1. The molecular formula is C21H26N4O2S. The zero-order chi connectivity index (χ0) is 20.5. The number of nitrogens with two attached hydrogens (primary N) is 1. The lowest BCUT2D eigenvalue weighted by molar-refractivity contribution is 0.416. The Kier molecular flexibility index (Phi) is 7.95. The predicted molar refractivity (Wildman–Crippen MR) is 116 cm³/mol. The van der Waals surface area contributed by atoms with Gasteiger partial charge in [0.15, 0.2) is 5.16 Å². The van der Waals surface area contributed by atoms with Gasteiger partial charge < -0.3 is 15.5 Å². The number of nitrogen functional groups attached to an aromatic ring is 1. The molecule has 0 radical (unpaired) electrons. The van der Waals surface area contributed by atoms with E-state index in [1.54, 1.807) is 12.3 Å². The molecule has 0 aliphatic carbocycles. The second-order valence-corrected chi connectivity index (χ2v) is 7.34. The number of H-pyrrole nitrogens is 1. The Bertz CT molecular complexity index is 999. The topological polar surface area (TPSA) is 93.9 Å². The first-order valence-corrected chi connectivity index (χ1v) is 10.2. The third-order valence-corrected chi connectivity index (χ3v) is 5.01. The molecular weight excluding hydrogens is 372 g/mol. The number of aromatic nitrogens is 3. The van der Waals surface area contributed by atoms with Gasteiger partial charge in [0.2, 0.25) is 0 Å². The average Bonchev–Trinajstić information content (AvgIpc) is 3.11. The summed E-state index contributed by atoms with van der Waals surface area (Å²) in [6.45, 7) is 6.00. The van der Waals surface area contributed by atoms with Gasteiger partial charge in [-0.3, -0.25) is 9.19 Å². The van der Waals surface area contributed by atoms with Crippen LogP contribution in [0.1, 0.15) is 25.1 Å². The van der Waals surface area contributed by atoms with Crippen molar-refractivity contribution in [3.05, 3.63) is 66.0 Å². The van der Waals surface area contributed by atoms with Crippen molar-refractivity contribution in [3.63, 3.8) is 0 Å². The van der Waals surface area contributed by atoms with Gasteiger partial charge >= 0.3 is 0 Å². The molecule has 1 atom stereocenters. The molecule has 3 aromatic rings. The van der Waals surface area contributed by atoms with Gasteiger partial charge in [-0.2, -0.15) is 0 Å². The van der Waals surface area contributed by atoms with Crippen LogP contribution in [-0.2, 0) is 16.6 Å². The molecule has 0 aliphatic heterocycles. The number of aromatic amines is 1. The van der Waals surface area contributed by atoms with Crippen LogP contribution in [0.5, 0.6) is 5.75 Å². The highest BCUT2D eigenvalue weighted by Gasteiger charge is 2.15. The number of fused-ring (bicyclic) bond motifs is 1. The van der Waals surface area contributed by atoms with E-state index in [-0.39, 0.29) is 5.75 Å². The van der Waals surface area contributed by atoms with E-state index in [9.17, 15) is 4.21 Å². The van der Waals surface area contributed by atoms with Crippen LogP contribution >= 0.6 is 0 Å². The summed E-state index contributed by atoms with van der Waals surface area (Å²) in [5, 5.41) is 0.421. The fourth-order valence-electron chi connectivity index (χ4n) is 2.41. The minimum atomic E-state index is -1.36. The molecule has 148 valence electrons. The second-order valence-electron chi connectivity index (χ2n) is 5.98. The van der Waals surface area contributed by atoms with E-state index >= 15 is 0 Å². The summed E-state index contributed by atoms with van der Waals surface area (Å²) in [7, 11) is 0.177. The summed E-state index contributed by atoms with van der Waals surface area (Å²) in [4.78, 5) is 11.6. The normalized spacial score (nSPS) is 12.3. The minimum absolute atomic E-state index is 0.182. The van der Waals surface area contributed by atoms with Crippen LogP contribution in [0.2, 0.25) is 0 Å². The van der Waals surface area contributed by atoms with Crippen molar-refractivity contribution in [2.45, 2.75) is 31.7 Å². The second kappa shape index (κ2) is 10.4. The molecule has 7 heteroatoms. The standard InChI is InChI=1S/C15H16N4O2S.C6H10/c1-9-3-4-10-11(7-9)19-15(18-10)22(20)8-12-14(16)13(21-2)5-6-17-12;1-3-5-6-4-2/h3-7H,8,16H2,1-2H3,(H,18,19);3-6H,1-2H3/b;5-3-,6-4-. The van der Waals surface area contributed by atoms with Crippen molar-refractivity contribution < 1.29 is 8.95 Å². The van der Waals surface area contributed by atoms with Gasteiger partial charge in [-0.05, 0) is 38.5 Å². The first-order chi connectivity index (χ1) is 13.5. The first-order valence-electron chi connectivity index (χ1n) is 8.86. The maximum Gasteiger partial charge on any atom is 0.197 e. The number of pyridine rings is 1. The molecule has 3 rings (SSSR count). The lowest BCUT2D eigenvalue weighted by atomic mass is 10.2. The highest BCUT2D eigenvalue weighted by atomic mass is 32.2. The fourth-order valence-corrected chi connectivity index (χ4v) is 3.45. The fraction of sp³-hybridized carbons (Fsp3) is 0.238. The average molecular weight is 399 g/mol. The van der Waals surface area contributed by atoms with E-state index in [1.165, 1.54) is 7.11 Å². The van der Waals surface area contributed by atoms with Crippen LogP contribution in [0.25, 0.3) is 11.0 Å². The summed E-state index contributed by atoms with van der Waals surface area (Å²) in [6.07, 6.45) is 9.59. The monoisotopic (exact) mass is 398 g/mol. The van der Waals surface area contributed by atoms with Gasteiger partial charge in [-0.1, -0.05) is 30.4 Å². The van der Waals surface area contributed by atoms with Crippen molar-refractivity contribution in [1.29, 1.82) is 0 Å². The highest BCUT2D eigenvalue weighted by Crippen LogP contribution is 2.25. The molecule has 0 bridgehead atoms. The Labute approximate surface area is 168 Å². The molecule has 0 aliphatic rings. The SMILES string of the molecule is C/C=C\C=C/C.COc1ccnc(CS(=O)c2nc3ccc(C)cc3[nH]2)c1N. The molecule has 0 spiro atoms. The van der Waals surface area contributed by atoms with Crippen molar-refractivity contribution in [2.24, 2.45) is 0 Å². The number of methoxy groups -OCH3 is 1. The minimum Gasteiger partial charge on any atom is -0.494 e. The number of hydrogen-bond donors (Lipinski definition) is 2. The van der Waals surface area contributed by atoms with Gasteiger partial charge in [0, 0.05) is 12.3 Å². The molecule has 28 heavy (non-hydrogen) atoms. The third kappa shape index (κ3) is 5.53. The zero-order valence-electron chi connectivity index (χ0n) is 16.6. The number of hydrogen-bond acceptors (Lipinski definition) is 5. The lowest BCUT2D eigenvalue weighted by Crippen LogP contribution is -2.05. The van der Waals surface area contributed by atoms with Gasteiger partial charge in [-0.25, -0.2) is 4.98 Å². The molecule has 1 aromatic carbocycles.